The number of nitrogens with zero attached hydrogens (tertiary/aromatic N) is 2. The zero-order chi connectivity index (χ0) is 18.6. The van der Waals surface area contributed by atoms with Crippen molar-refractivity contribution in [3.63, 3.8) is 0 Å². The van der Waals surface area contributed by atoms with Gasteiger partial charge in [0.05, 0.1) is 11.5 Å². The van der Waals surface area contributed by atoms with Crippen molar-refractivity contribution in [2.45, 2.75) is 39.3 Å². The molecule has 1 heterocycles. The molecule has 0 radical (unpaired) electrons. The van der Waals surface area contributed by atoms with Crippen LogP contribution in [0.3, 0.4) is 0 Å². The van der Waals surface area contributed by atoms with Crippen molar-refractivity contribution in [3.05, 3.63) is 38.9 Å². The standard InChI is InChI=1S/C17H23N3O5/c1-4-25-15(22)8-6-13-14(20(23)24)7-5-12-9-10-19(3)17(16(12)13)18-11(2)21/h5,7,17H,4,6,8-10H2,1-3H3,(H,18,21). The molecule has 0 saturated carbocycles. The van der Waals surface area contributed by atoms with Crippen LogP contribution < -0.4 is 5.32 Å². The van der Waals surface area contributed by atoms with Crippen LogP contribution in [0.2, 0.25) is 0 Å². The van der Waals surface area contributed by atoms with E-state index in [-0.39, 0.29) is 31.0 Å². The van der Waals surface area contributed by atoms with Gasteiger partial charge in [0.2, 0.25) is 5.91 Å². The van der Waals surface area contributed by atoms with Gasteiger partial charge in [-0.3, -0.25) is 24.6 Å². The molecule has 0 spiro atoms. The Morgan fingerprint density at radius 1 is 1.44 bits per heavy atom. The van der Waals surface area contributed by atoms with Crippen LogP contribution in [0, 0.1) is 10.1 Å². The average molecular weight is 349 g/mol. The van der Waals surface area contributed by atoms with Crippen molar-refractivity contribution in [3.8, 4) is 0 Å². The quantitative estimate of drug-likeness (QED) is 0.476. The maximum atomic E-state index is 11.7. The molecule has 1 aromatic carbocycles. The van der Waals surface area contributed by atoms with E-state index in [2.05, 4.69) is 5.32 Å². The number of esters is 1. The number of rotatable bonds is 6. The van der Waals surface area contributed by atoms with E-state index in [4.69, 9.17) is 4.74 Å². The van der Waals surface area contributed by atoms with E-state index in [1.807, 2.05) is 11.9 Å². The molecular formula is C17H23N3O5. The van der Waals surface area contributed by atoms with Crippen LogP contribution in [-0.4, -0.2) is 41.9 Å². The molecule has 1 aliphatic rings. The molecule has 1 aliphatic heterocycles. The molecule has 1 atom stereocenters. The van der Waals surface area contributed by atoms with Crippen LogP contribution in [0.1, 0.15) is 43.1 Å². The summed E-state index contributed by atoms with van der Waals surface area (Å²) in [5.41, 5.74) is 2.14. The number of nitro benzene ring substituents is 1. The van der Waals surface area contributed by atoms with Crippen molar-refractivity contribution in [1.82, 2.24) is 10.2 Å². The predicted molar refractivity (Wildman–Crippen MR) is 90.9 cm³/mol. The second-order valence-electron chi connectivity index (χ2n) is 6.03. The number of fused-ring (bicyclic) bond motifs is 1. The van der Waals surface area contributed by atoms with Gasteiger partial charge in [-0.2, -0.15) is 0 Å². The normalized spacial score (nSPS) is 16.8. The Kier molecular flexibility index (Phi) is 6.08. The molecule has 0 aromatic heterocycles. The first-order chi connectivity index (χ1) is 11.8. The summed E-state index contributed by atoms with van der Waals surface area (Å²) in [5.74, 6) is -0.609. The third-order valence-corrected chi connectivity index (χ3v) is 4.29. The minimum Gasteiger partial charge on any atom is -0.466 e. The molecule has 1 amide bonds. The molecule has 0 aliphatic carbocycles. The largest absolute Gasteiger partial charge is 0.466 e. The van der Waals surface area contributed by atoms with Gasteiger partial charge in [-0.1, -0.05) is 6.07 Å². The lowest BCUT2D eigenvalue weighted by atomic mass is 9.89. The van der Waals surface area contributed by atoms with Crippen LogP contribution in [0.25, 0.3) is 0 Å². The molecule has 0 bridgehead atoms. The van der Waals surface area contributed by atoms with Crippen molar-refractivity contribution >= 4 is 17.6 Å². The van der Waals surface area contributed by atoms with Gasteiger partial charge in [-0.05, 0) is 32.4 Å². The molecule has 0 fully saturated rings. The summed E-state index contributed by atoms with van der Waals surface area (Å²) >= 11 is 0. The molecule has 8 heteroatoms. The maximum absolute atomic E-state index is 11.7. The summed E-state index contributed by atoms with van der Waals surface area (Å²) < 4.78 is 4.93. The Hall–Kier alpha value is -2.48. The summed E-state index contributed by atoms with van der Waals surface area (Å²) in [6.07, 6.45) is 0.536. The number of nitro groups is 1. The predicted octanol–water partition coefficient (Wildman–Crippen LogP) is 1.71. The number of benzene rings is 1. The summed E-state index contributed by atoms with van der Waals surface area (Å²) in [7, 11) is 1.86. The van der Waals surface area contributed by atoms with Crippen LogP contribution >= 0.6 is 0 Å². The molecule has 0 saturated heterocycles. The van der Waals surface area contributed by atoms with Gasteiger partial charge < -0.3 is 10.1 Å². The fraction of sp³-hybridized carbons (Fsp3) is 0.529. The topological polar surface area (TPSA) is 102 Å². The average Bonchev–Trinajstić information content (AvgIpc) is 2.54. The molecular weight excluding hydrogens is 326 g/mol. The highest BCUT2D eigenvalue weighted by Crippen LogP contribution is 2.35. The van der Waals surface area contributed by atoms with Gasteiger partial charge in [-0.25, -0.2) is 0 Å². The van der Waals surface area contributed by atoms with Crippen LogP contribution in [0.4, 0.5) is 5.69 Å². The number of hydrogen-bond acceptors (Lipinski definition) is 6. The summed E-state index contributed by atoms with van der Waals surface area (Å²) in [6, 6.07) is 3.22. The number of amides is 1. The third kappa shape index (κ3) is 4.33. The Labute approximate surface area is 146 Å². The lowest BCUT2D eigenvalue weighted by molar-refractivity contribution is -0.385. The summed E-state index contributed by atoms with van der Waals surface area (Å²) in [6.45, 7) is 4.13. The monoisotopic (exact) mass is 349 g/mol. The molecule has 1 N–H and O–H groups in total. The van der Waals surface area contributed by atoms with Crippen LogP contribution in [0.15, 0.2) is 12.1 Å². The number of ether oxygens (including phenoxy) is 1. The van der Waals surface area contributed by atoms with E-state index < -0.39 is 17.1 Å². The smallest absolute Gasteiger partial charge is 0.306 e. The second-order valence-corrected chi connectivity index (χ2v) is 6.03. The van der Waals surface area contributed by atoms with E-state index in [0.29, 0.717) is 5.56 Å². The van der Waals surface area contributed by atoms with Crippen molar-refractivity contribution in [2.75, 3.05) is 20.2 Å². The molecule has 1 unspecified atom stereocenters. The minimum atomic E-state index is -0.446. The number of nitrogens with one attached hydrogen (secondary N) is 1. The fourth-order valence-electron chi connectivity index (χ4n) is 3.18. The Morgan fingerprint density at radius 2 is 2.16 bits per heavy atom. The van der Waals surface area contributed by atoms with E-state index >= 15 is 0 Å². The highest BCUT2D eigenvalue weighted by molar-refractivity contribution is 5.74. The van der Waals surface area contributed by atoms with Crippen molar-refractivity contribution in [2.24, 2.45) is 0 Å². The first kappa shape index (κ1) is 18.9. The molecule has 25 heavy (non-hydrogen) atoms. The zero-order valence-electron chi connectivity index (χ0n) is 14.7. The van der Waals surface area contributed by atoms with Gasteiger partial charge >= 0.3 is 5.97 Å². The third-order valence-electron chi connectivity index (χ3n) is 4.29. The number of hydrogen-bond donors (Lipinski definition) is 1. The van der Waals surface area contributed by atoms with Gasteiger partial charge in [0, 0.05) is 37.1 Å². The zero-order valence-corrected chi connectivity index (χ0v) is 14.7. The molecule has 2 rings (SSSR count). The van der Waals surface area contributed by atoms with Gasteiger partial charge in [0.15, 0.2) is 0 Å². The van der Waals surface area contributed by atoms with E-state index in [0.717, 1.165) is 24.1 Å². The Morgan fingerprint density at radius 3 is 2.76 bits per heavy atom. The highest BCUT2D eigenvalue weighted by Gasteiger charge is 2.32. The second kappa shape index (κ2) is 8.06. The number of likely N-dealkylation sites (N-methyl/N-ethyl adjacent to an activating group) is 1. The van der Waals surface area contributed by atoms with Gasteiger partial charge in [0.1, 0.15) is 6.17 Å². The van der Waals surface area contributed by atoms with Crippen molar-refractivity contribution in [1.29, 1.82) is 0 Å². The summed E-state index contributed by atoms with van der Waals surface area (Å²) in [4.78, 5) is 36.3. The van der Waals surface area contributed by atoms with Gasteiger partial charge in [-0.15, -0.1) is 0 Å². The molecule has 136 valence electrons. The first-order valence-corrected chi connectivity index (χ1v) is 8.27. The number of carbonyl (C=O) groups excluding carboxylic acids is 2. The highest BCUT2D eigenvalue weighted by atomic mass is 16.6. The lowest BCUT2D eigenvalue weighted by Crippen LogP contribution is -2.43. The van der Waals surface area contributed by atoms with E-state index in [9.17, 15) is 19.7 Å². The number of carbonyl (C=O) groups is 2. The van der Waals surface area contributed by atoms with E-state index in [1.54, 1.807) is 13.0 Å². The SMILES string of the molecule is CCOC(=O)CCc1c([N+](=O)[O-])ccc2c1C(NC(C)=O)N(C)CC2. The van der Waals surface area contributed by atoms with Crippen LogP contribution in [-0.2, 0) is 27.2 Å². The fourth-order valence-corrected chi connectivity index (χ4v) is 3.18. The summed E-state index contributed by atoms with van der Waals surface area (Å²) in [5, 5.41) is 14.3. The van der Waals surface area contributed by atoms with Crippen LogP contribution in [0.5, 0.6) is 0 Å². The molecule has 1 aromatic rings. The lowest BCUT2D eigenvalue weighted by Gasteiger charge is -2.36. The minimum absolute atomic E-state index is 0.0336. The first-order valence-electron chi connectivity index (χ1n) is 8.27. The van der Waals surface area contributed by atoms with E-state index in [1.165, 1.54) is 13.0 Å². The Balaban J connectivity index is 2.48. The molecule has 8 nitrogen and oxygen atoms in total. The maximum Gasteiger partial charge on any atom is 0.306 e. The van der Waals surface area contributed by atoms with Gasteiger partial charge in [0.25, 0.3) is 5.69 Å². The Bertz CT molecular complexity index is 689. The van der Waals surface area contributed by atoms with Crippen molar-refractivity contribution < 1.29 is 19.2 Å².